The molecular formula is C21H22N4O2. The van der Waals surface area contributed by atoms with Crippen LogP contribution in [-0.2, 0) is 11.8 Å². The molecular weight excluding hydrogens is 340 g/mol. The molecule has 0 radical (unpaired) electrons. The van der Waals surface area contributed by atoms with Gasteiger partial charge in [0.25, 0.3) is 0 Å². The summed E-state index contributed by atoms with van der Waals surface area (Å²) in [5.41, 5.74) is 5.48. The van der Waals surface area contributed by atoms with Gasteiger partial charge in [0.15, 0.2) is 0 Å². The predicted molar refractivity (Wildman–Crippen MR) is 106 cm³/mol. The minimum Gasteiger partial charge on any atom is -0.465 e. The molecule has 138 valence electrons. The average molecular weight is 362 g/mol. The summed E-state index contributed by atoms with van der Waals surface area (Å²) in [6, 6.07) is 13.4. The summed E-state index contributed by atoms with van der Waals surface area (Å²) in [7, 11) is 3.27. The number of aromatic nitrogens is 4. The van der Waals surface area contributed by atoms with Gasteiger partial charge in [0.05, 0.1) is 29.9 Å². The molecule has 0 aliphatic rings. The zero-order valence-electron chi connectivity index (χ0n) is 15.9. The van der Waals surface area contributed by atoms with Crippen LogP contribution in [-0.4, -0.2) is 32.4 Å². The highest BCUT2D eigenvalue weighted by Crippen LogP contribution is 2.25. The number of aryl methyl sites for hydroxylation is 1. The van der Waals surface area contributed by atoms with Crippen LogP contribution < -0.4 is 0 Å². The molecule has 0 bridgehead atoms. The molecule has 2 aromatic carbocycles. The Bertz CT molecular complexity index is 1060. The molecule has 0 amide bonds. The summed E-state index contributed by atoms with van der Waals surface area (Å²) in [5.74, 6) is -0.346. The molecule has 0 saturated heterocycles. The molecule has 0 atom stereocenters. The third-order valence-electron chi connectivity index (χ3n) is 4.15. The van der Waals surface area contributed by atoms with E-state index in [-0.39, 0.29) is 5.97 Å². The van der Waals surface area contributed by atoms with E-state index in [9.17, 15) is 4.79 Å². The summed E-state index contributed by atoms with van der Waals surface area (Å²) < 4.78 is 8.51. The molecule has 4 rings (SSSR count). The Labute approximate surface area is 158 Å². The van der Waals surface area contributed by atoms with Crippen LogP contribution in [0.4, 0.5) is 0 Å². The van der Waals surface area contributed by atoms with Crippen molar-refractivity contribution < 1.29 is 9.53 Å². The highest BCUT2D eigenvalue weighted by Gasteiger charge is 2.09. The minimum atomic E-state index is -0.346. The van der Waals surface area contributed by atoms with Crippen molar-refractivity contribution in [2.24, 2.45) is 7.05 Å². The Kier molecular flexibility index (Phi) is 5.35. The fourth-order valence-corrected chi connectivity index (χ4v) is 2.84. The fourth-order valence-electron chi connectivity index (χ4n) is 2.84. The van der Waals surface area contributed by atoms with E-state index in [2.05, 4.69) is 16.1 Å². The number of nitrogens with zero attached hydrogens (tertiary/aromatic N) is 4. The molecule has 0 N–H and O–H groups in total. The molecule has 6 nitrogen and oxygen atoms in total. The Morgan fingerprint density at radius 3 is 2.41 bits per heavy atom. The largest absolute Gasteiger partial charge is 0.465 e. The van der Waals surface area contributed by atoms with Crippen LogP contribution in [0, 0.1) is 0 Å². The van der Waals surface area contributed by atoms with Crippen molar-refractivity contribution in [3.8, 4) is 16.8 Å². The average Bonchev–Trinajstić information content (AvgIpc) is 3.34. The lowest BCUT2D eigenvalue weighted by Crippen LogP contribution is -2.01. The van der Waals surface area contributed by atoms with Crippen molar-refractivity contribution >= 4 is 17.0 Å². The maximum atomic E-state index is 11.6. The first-order valence-corrected chi connectivity index (χ1v) is 8.80. The van der Waals surface area contributed by atoms with Gasteiger partial charge in [0.1, 0.15) is 6.33 Å². The number of ether oxygens (including phenoxy) is 1. The number of hydrogen-bond acceptors (Lipinski definition) is 4. The molecule has 0 aliphatic heterocycles. The number of carbonyl (C=O) groups excluding carboxylic acids is 1. The summed E-state index contributed by atoms with van der Waals surface area (Å²) in [4.78, 5) is 16.0. The molecule has 0 aliphatic carbocycles. The first kappa shape index (κ1) is 18.4. The molecule has 0 fully saturated rings. The topological polar surface area (TPSA) is 61.9 Å². The van der Waals surface area contributed by atoms with E-state index in [1.54, 1.807) is 23.1 Å². The predicted octanol–water partition coefficient (Wildman–Crippen LogP) is 4.24. The van der Waals surface area contributed by atoms with E-state index in [1.807, 2.05) is 62.1 Å². The second-order valence-electron chi connectivity index (χ2n) is 5.76. The third kappa shape index (κ3) is 3.60. The van der Waals surface area contributed by atoms with Crippen LogP contribution in [0.1, 0.15) is 24.2 Å². The van der Waals surface area contributed by atoms with Crippen LogP contribution in [0.5, 0.6) is 0 Å². The summed E-state index contributed by atoms with van der Waals surface area (Å²) in [6.07, 6.45) is 5.60. The van der Waals surface area contributed by atoms with Crippen LogP contribution in [0.2, 0.25) is 0 Å². The summed E-state index contributed by atoms with van der Waals surface area (Å²) in [6.45, 7) is 4.00. The van der Waals surface area contributed by atoms with Gasteiger partial charge in [-0.3, -0.25) is 9.25 Å². The monoisotopic (exact) mass is 362 g/mol. The second kappa shape index (κ2) is 7.86. The van der Waals surface area contributed by atoms with Crippen molar-refractivity contribution in [1.29, 1.82) is 0 Å². The molecule has 4 aromatic rings. The van der Waals surface area contributed by atoms with Gasteiger partial charge < -0.3 is 4.74 Å². The number of benzene rings is 2. The van der Waals surface area contributed by atoms with Crippen molar-refractivity contribution in [3.63, 3.8) is 0 Å². The molecule has 0 saturated carbocycles. The van der Waals surface area contributed by atoms with E-state index in [4.69, 9.17) is 4.74 Å². The zero-order valence-corrected chi connectivity index (χ0v) is 15.9. The highest BCUT2D eigenvalue weighted by molar-refractivity contribution is 5.89. The van der Waals surface area contributed by atoms with Gasteiger partial charge in [-0.1, -0.05) is 19.9 Å². The van der Waals surface area contributed by atoms with E-state index in [0.717, 1.165) is 27.8 Å². The zero-order chi connectivity index (χ0) is 19.4. The van der Waals surface area contributed by atoms with Crippen molar-refractivity contribution in [2.45, 2.75) is 13.8 Å². The van der Waals surface area contributed by atoms with Gasteiger partial charge in [-0.05, 0) is 42.0 Å². The van der Waals surface area contributed by atoms with Gasteiger partial charge in [-0.25, -0.2) is 9.78 Å². The minimum absolute atomic E-state index is 0.346. The Hall–Kier alpha value is -3.41. The number of hydrogen-bond donors (Lipinski definition) is 0. The van der Waals surface area contributed by atoms with Gasteiger partial charge in [-0.15, -0.1) is 0 Å². The molecule has 0 unspecified atom stereocenters. The number of carbonyl (C=O) groups is 1. The van der Waals surface area contributed by atoms with Crippen molar-refractivity contribution in [3.05, 3.63) is 66.7 Å². The van der Waals surface area contributed by atoms with Gasteiger partial charge >= 0.3 is 5.97 Å². The first-order chi connectivity index (χ1) is 13.2. The highest BCUT2D eigenvalue weighted by atomic mass is 16.5. The number of methoxy groups -OCH3 is 1. The van der Waals surface area contributed by atoms with E-state index >= 15 is 0 Å². The molecule has 6 heteroatoms. The molecule has 2 heterocycles. The Morgan fingerprint density at radius 1 is 1.04 bits per heavy atom. The quantitative estimate of drug-likeness (QED) is 0.512. The number of rotatable bonds is 3. The smallest absolute Gasteiger partial charge is 0.337 e. The van der Waals surface area contributed by atoms with Crippen LogP contribution in [0.15, 0.2) is 61.2 Å². The fraction of sp³-hybridized carbons (Fsp3) is 0.190. The SMILES string of the molecule is CC.COC(=O)c1ccc(-n2cnc3ccc(-c4cnn(C)c4)cc32)cc1. The van der Waals surface area contributed by atoms with Gasteiger partial charge in [-0.2, -0.15) is 5.10 Å². The maximum Gasteiger partial charge on any atom is 0.337 e. The molecule has 2 aromatic heterocycles. The second-order valence-corrected chi connectivity index (χ2v) is 5.76. The number of fused-ring (bicyclic) bond motifs is 1. The maximum absolute atomic E-state index is 11.6. The molecule has 0 spiro atoms. The lowest BCUT2D eigenvalue weighted by Gasteiger charge is -2.06. The van der Waals surface area contributed by atoms with Crippen LogP contribution in [0.25, 0.3) is 27.8 Å². The number of esters is 1. The van der Waals surface area contributed by atoms with Gasteiger partial charge in [0, 0.05) is 24.5 Å². The normalized spacial score (nSPS) is 10.4. The molecule has 27 heavy (non-hydrogen) atoms. The lowest BCUT2D eigenvalue weighted by molar-refractivity contribution is 0.0601. The van der Waals surface area contributed by atoms with Crippen LogP contribution >= 0.6 is 0 Å². The van der Waals surface area contributed by atoms with E-state index in [1.165, 1.54) is 7.11 Å². The summed E-state index contributed by atoms with van der Waals surface area (Å²) >= 11 is 0. The van der Waals surface area contributed by atoms with Crippen molar-refractivity contribution in [1.82, 2.24) is 19.3 Å². The van der Waals surface area contributed by atoms with Crippen LogP contribution in [0.3, 0.4) is 0 Å². The Morgan fingerprint density at radius 2 is 1.78 bits per heavy atom. The van der Waals surface area contributed by atoms with Crippen molar-refractivity contribution in [2.75, 3.05) is 7.11 Å². The lowest BCUT2D eigenvalue weighted by atomic mass is 10.1. The van der Waals surface area contributed by atoms with E-state index in [0.29, 0.717) is 5.56 Å². The standard InChI is InChI=1S/C19H16N4O2.C2H6/c1-22-11-15(10-21-22)14-5-8-17-18(9-14)23(12-20-17)16-6-3-13(4-7-16)19(24)25-2;1-2/h3-12H,1-2H3;1-2H3. The Balaban J connectivity index is 0.00000102. The van der Waals surface area contributed by atoms with E-state index < -0.39 is 0 Å². The third-order valence-corrected chi connectivity index (χ3v) is 4.15. The number of imidazole rings is 1. The first-order valence-electron chi connectivity index (χ1n) is 8.80. The van der Waals surface area contributed by atoms with Gasteiger partial charge in [0.2, 0.25) is 0 Å². The summed E-state index contributed by atoms with van der Waals surface area (Å²) in [5, 5.41) is 4.23.